The highest BCUT2D eigenvalue weighted by molar-refractivity contribution is 7.98. The van der Waals surface area contributed by atoms with Gasteiger partial charge in [-0.3, -0.25) is 10.1 Å². The smallest absolute Gasteiger partial charge is 0.269 e. The Balaban J connectivity index is 1.85. The molecule has 0 saturated carbocycles. The number of nitrogens with zero attached hydrogens (tertiary/aromatic N) is 4. The Morgan fingerprint density at radius 1 is 1.18 bits per heavy atom. The van der Waals surface area contributed by atoms with Crippen LogP contribution in [0.15, 0.2) is 53.7 Å². The summed E-state index contributed by atoms with van der Waals surface area (Å²) in [6, 6.07) is 14.4. The summed E-state index contributed by atoms with van der Waals surface area (Å²) in [6.07, 6.45) is 0. The minimum Gasteiger partial charge on any atom is -0.497 e. The SMILES string of the molecule is COc1ccc(-c2nnc(SCc3cccc([N+](=O)[O-])c3)n2CC(C)C)cc1. The van der Waals surface area contributed by atoms with E-state index >= 15 is 0 Å². The molecule has 0 N–H and O–H groups in total. The molecule has 0 saturated heterocycles. The van der Waals surface area contributed by atoms with Crippen molar-refractivity contribution in [1.29, 1.82) is 0 Å². The number of ether oxygens (including phenoxy) is 1. The van der Waals surface area contributed by atoms with Crippen molar-refractivity contribution in [2.24, 2.45) is 5.92 Å². The molecular weight excluding hydrogens is 376 g/mol. The predicted octanol–water partition coefficient (Wildman–Crippen LogP) is 4.81. The number of nitro groups is 1. The molecule has 0 unspecified atom stereocenters. The first kappa shape index (κ1) is 19.9. The first-order valence-corrected chi connectivity index (χ1v) is 9.90. The van der Waals surface area contributed by atoms with Crippen LogP contribution in [0.5, 0.6) is 5.75 Å². The molecule has 0 fully saturated rings. The molecule has 0 bridgehead atoms. The van der Waals surface area contributed by atoms with Crippen LogP contribution in [-0.4, -0.2) is 26.8 Å². The van der Waals surface area contributed by atoms with Gasteiger partial charge in [-0.05, 0) is 35.7 Å². The fourth-order valence-electron chi connectivity index (χ4n) is 2.79. The van der Waals surface area contributed by atoms with Gasteiger partial charge >= 0.3 is 0 Å². The molecule has 0 spiro atoms. The van der Waals surface area contributed by atoms with Crippen LogP contribution in [-0.2, 0) is 12.3 Å². The number of benzene rings is 2. The Hall–Kier alpha value is -2.87. The van der Waals surface area contributed by atoms with Crippen LogP contribution in [0.3, 0.4) is 0 Å². The van der Waals surface area contributed by atoms with Crippen molar-refractivity contribution in [3.8, 4) is 17.1 Å². The van der Waals surface area contributed by atoms with Gasteiger partial charge in [-0.25, -0.2) is 0 Å². The molecule has 146 valence electrons. The summed E-state index contributed by atoms with van der Waals surface area (Å²) in [7, 11) is 1.64. The van der Waals surface area contributed by atoms with Crippen LogP contribution < -0.4 is 4.74 Å². The van der Waals surface area contributed by atoms with Crippen molar-refractivity contribution in [3.05, 3.63) is 64.2 Å². The number of aromatic nitrogens is 3. The third-order valence-corrected chi connectivity index (χ3v) is 5.14. The Morgan fingerprint density at radius 3 is 2.57 bits per heavy atom. The van der Waals surface area contributed by atoms with E-state index in [2.05, 4.69) is 28.6 Å². The monoisotopic (exact) mass is 398 g/mol. The number of methoxy groups -OCH3 is 1. The summed E-state index contributed by atoms with van der Waals surface area (Å²) in [5, 5.41) is 20.5. The number of hydrogen-bond acceptors (Lipinski definition) is 6. The van der Waals surface area contributed by atoms with Crippen LogP contribution in [0.2, 0.25) is 0 Å². The van der Waals surface area contributed by atoms with E-state index in [9.17, 15) is 10.1 Å². The third-order valence-electron chi connectivity index (χ3n) is 4.10. The summed E-state index contributed by atoms with van der Waals surface area (Å²) >= 11 is 1.53. The largest absolute Gasteiger partial charge is 0.497 e. The molecule has 28 heavy (non-hydrogen) atoms. The summed E-state index contributed by atoms with van der Waals surface area (Å²) in [6.45, 7) is 5.07. The lowest BCUT2D eigenvalue weighted by molar-refractivity contribution is -0.384. The number of thioether (sulfide) groups is 1. The molecule has 0 aliphatic carbocycles. The summed E-state index contributed by atoms with van der Waals surface area (Å²) < 4.78 is 7.33. The molecule has 2 aromatic carbocycles. The van der Waals surface area contributed by atoms with E-state index in [1.165, 1.54) is 17.8 Å². The maximum absolute atomic E-state index is 11.0. The lowest BCUT2D eigenvalue weighted by Crippen LogP contribution is -2.08. The summed E-state index contributed by atoms with van der Waals surface area (Å²) in [5.41, 5.74) is 1.95. The van der Waals surface area contributed by atoms with E-state index in [0.29, 0.717) is 11.7 Å². The van der Waals surface area contributed by atoms with Crippen LogP contribution >= 0.6 is 11.8 Å². The van der Waals surface area contributed by atoms with E-state index in [0.717, 1.165) is 34.4 Å². The van der Waals surface area contributed by atoms with Gasteiger partial charge in [-0.1, -0.05) is 37.7 Å². The number of rotatable bonds is 8. The molecule has 8 heteroatoms. The molecule has 0 radical (unpaired) electrons. The van der Waals surface area contributed by atoms with Gasteiger partial charge in [-0.2, -0.15) is 0 Å². The molecule has 7 nitrogen and oxygen atoms in total. The van der Waals surface area contributed by atoms with Crippen LogP contribution in [0, 0.1) is 16.0 Å². The number of non-ortho nitro benzene ring substituents is 1. The lowest BCUT2D eigenvalue weighted by Gasteiger charge is -2.13. The maximum Gasteiger partial charge on any atom is 0.269 e. The van der Waals surface area contributed by atoms with Gasteiger partial charge in [0, 0.05) is 30.0 Å². The van der Waals surface area contributed by atoms with Crippen LogP contribution in [0.4, 0.5) is 5.69 Å². The molecule has 3 rings (SSSR count). The average Bonchev–Trinajstić information content (AvgIpc) is 3.08. The van der Waals surface area contributed by atoms with Gasteiger partial charge in [0.2, 0.25) is 0 Å². The summed E-state index contributed by atoms with van der Waals surface area (Å²) in [5.74, 6) is 2.60. The van der Waals surface area contributed by atoms with E-state index in [1.807, 2.05) is 30.3 Å². The van der Waals surface area contributed by atoms with Crippen molar-refractivity contribution in [3.63, 3.8) is 0 Å². The van der Waals surface area contributed by atoms with Crippen molar-refractivity contribution in [2.75, 3.05) is 7.11 Å². The Labute approximate surface area is 167 Å². The zero-order valence-electron chi connectivity index (χ0n) is 16.0. The predicted molar refractivity (Wildman–Crippen MR) is 110 cm³/mol. The highest BCUT2D eigenvalue weighted by atomic mass is 32.2. The second-order valence-corrected chi connectivity index (χ2v) is 7.70. The van der Waals surface area contributed by atoms with Gasteiger partial charge in [-0.15, -0.1) is 10.2 Å². The molecule has 1 aromatic heterocycles. The van der Waals surface area contributed by atoms with E-state index in [1.54, 1.807) is 19.2 Å². The highest BCUT2D eigenvalue weighted by Crippen LogP contribution is 2.29. The van der Waals surface area contributed by atoms with Gasteiger partial charge in [0.05, 0.1) is 12.0 Å². The van der Waals surface area contributed by atoms with Crippen molar-refractivity contribution >= 4 is 17.4 Å². The van der Waals surface area contributed by atoms with Crippen LogP contribution in [0.1, 0.15) is 19.4 Å². The zero-order chi connectivity index (χ0) is 20.1. The first-order chi connectivity index (χ1) is 13.5. The van der Waals surface area contributed by atoms with Gasteiger partial charge < -0.3 is 9.30 Å². The van der Waals surface area contributed by atoms with Crippen molar-refractivity contribution < 1.29 is 9.66 Å². The molecular formula is C20H22N4O3S. The second kappa shape index (κ2) is 8.88. The molecule has 0 amide bonds. The van der Waals surface area contributed by atoms with Gasteiger partial charge in [0.25, 0.3) is 5.69 Å². The summed E-state index contributed by atoms with van der Waals surface area (Å²) in [4.78, 5) is 10.6. The maximum atomic E-state index is 11.0. The minimum atomic E-state index is -0.378. The lowest BCUT2D eigenvalue weighted by atomic mass is 10.2. The zero-order valence-corrected chi connectivity index (χ0v) is 16.8. The van der Waals surface area contributed by atoms with E-state index < -0.39 is 0 Å². The topological polar surface area (TPSA) is 83.1 Å². The molecule has 3 aromatic rings. The van der Waals surface area contributed by atoms with Gasteiger partial charge in [0.1, 0.15) is 5.75 Å². The number of hydrogen-bond donors (Lipinski definition) is 0. The normalized spacial score (nSPS) is 11.0. The number of nitro benzene ring substituents is 1. The molecule has 0 aliphatic rings. The highest BCUT2D eigenvalue weighted by Gasteiger charge is 2.16. The third kappa shape index (κ3) is 4.69. The van der Waals surface area contributed by atoms with Crippen LogP contribution in [0.25, 0.3) is 11.4 Å². The quantitative estimate of drug-likeness (QED) is 0.308. The Kier molecular flexibility index (Phi) is 6.30. The Morgan fingerprint density at radius 2 is 1.93 bits per heavy atom. The fraction of sp³-hybridized carbons (Fsp3) is 0.300. The van der Waals surface area contributed by atoms with E-state index in [4.69, 9.17) is 4.74 Å². The van der Waals surface area contributed by atoms with Gasteiger partial charge in [0.15, 0.2) is 11.0 Å². The fourth-order valence-corrected chi connectivity index (χ4v) is 3.68. The first-order valence-electron chi connectivity index (χ1n) is 8.91. The standard InChI is InChI=1S/C20H22N4O3S/c1-14(2)12-23-19(16-7-9-18(27-3)10-8-16)21-22-20(23)28-13-15-5-4-6-17(11-15)24(25)26/h4-11,14H,12-13H2,1-3H3. The second-order valence-electron chi connectivity index (χ2n) is 6.75. The molecule has 0 atom stereocenters. The Bertz CT molecular complexity index is 954. The van der Waals surface area contributed by atoms with Crippen molar-refractivity contribution in [1.82, 2.24) is 14.8 Å². The average molecular weight is 398 g/mol. The molecule has 1 heterocycles. The van der Waals surface area contributed by atoms with Crippen molar-refractivity contribution in [2.45, 2.75) is 31.3 Å². The molecule has 0 aliphatic heterocycles. The van der Waals surface area contributed by atoms with E-state index in [-0.39, 0.29) is 10.6 Å². The minimum absolute atomic E-state index is 0.0978.